The highest BCUT2D eigenvalue weighted by molar-refractivity contribution is 7.90. The zero-order valence-electron chi connectivity index (χ0n) is 19.9. The summed E-state index contributed by atoms with van der Waals surface area (Å²) in [6.07, 6.45) is 2.92. The number of carbonyl (C=O) groups is 1. The third kappa shape index (κ3) is 5.16. The molecule has 1 amide bonds. The highest BCUT2D eigenvalue weighted by atomic mass is 32.2. The Balaban J connectivity index is 1.21. The van der Waals surface area contributed by atoms with E-state index in [1.54, 1.807) is 17.0 Å². The van der Waals surface area contributed by atoms with E-state index in [2.05, 4.69) is 4.90 Å². The number of rotatable bonds is 5. The van der Waals surface area contributed by atoms with Crippen LogP contribution < -0.4 is 14.4 Å². The van der Waals surface area contributed by atoms with E-state index in [0.29, 0.717) is 36.6 Å². The first-order valence-electron chi connectivity index (χ1n) is 11.9. The second-order valence-electron chi connectivity index (χ2n) is 9.05. The van der Waals surface area contributed by atoms with Crippen molar-refractivity contribution in [1.29, 1.82) is 0 Å². The lowest BCUT2D eigenvalue weighted by Crippen LogP contribution is -2.43. The number of likely N-dealkylation sites (tertiary alicyclic amines) is 1. The van der Waals surface area contributed by atoms with Gasteiger partial charge in [-0.25, -0.2) is 17.6 Å². The molecule has 0 bridgehead atoms. The van der Waals surface area contributed by atoms with Crippen molar-refractivity contribution < 1.29 is 27.1 Å². The van der Waals surface area contributed by atoms with E-state index >= 15 is 0 Å². The van der Waals surface area contributed by atoms with Gasteiger partial charge in [-0.15, -0.1) is 0 Å². The van der Waals surface area contributed by atoms with Crippen molar-refractivity contribution in [1.82, 2.24) is 4.90 Å². The number of ether oxygens (including phenoxy) is 2. The monoisotopic (exact) mass is 510 g/mol. The first kappa shape index (κ1) is 24.1. The van der Waals surface area contributed by atoms with Crippen LogP contribution in [0.5, 0.6) is 11.5 Å². The van der Waals surface area contributed by atoms with Crippen LogP contribution in [-0.2, 0) is 16.3 Å². The molecule has 7 nitrogen and oxygen atoms in total. The minimum Gasteiger partial charge on any atom is -0.490 e. The second kappa shape index (κ2) is 9.81. The molecule has 36 heavy (non-hydrogen) atoms. The quantitative estimate of drug-likeness (QED) is 0.483. The fraction of sp³-hybridized carbons (Fsp3) is 0.296. The van der Waals surface area contributed by atoms with Gasteiger partial charge in [0.25, 0.3) is 0 Å². The molecule has 0 aliphatic carbocycles. The second-order valence-corrected chi connectivity index (χ2v) is 11.1. The minimum absolute atomic E-state index is 0.0190. The number of fused-ring (bicyclic) bond motifs is 1. The van der Waals surface area contributed by atoms with E-state index in [-0.39, 0.29) is 11.9 Å². The SMILES string of the molecule is CS(=O)(=O)c1ccc(N2CCc3c(OC4CCN(C(=O)Oc5ccc(F)cc5)CC4)cccc32)cc1. The topological polar surface area (TPSA) is 76.2 Å². The van der Waals surface area contributed by atoms with Gasteiger partial charge in [-0.3, -0.25) is 0 Å². The van der Waals surface area contributed by atoms with E-state index in [4.69, 9.17) is 9.47 Å². The van der Waals surface area contributed by atoms with Crippen molar-refractivity contribution in [3.05, 3.63) is 78.1 Å². The zero-order valence-corrected chi connectivity index (χ0v) is 20.7. The number of benzene rings is 3. The fourth-order valence-corrected chi connectivity index (χ4v) is 5.29. The Kier molecular flexibility index (Phi) is 6.57. The highest BCUT2D eigenvalue weighted by Gasteiger charge is 2.28. The molecule has 3 aromatic rings. The lowest BCUT2D eigenvalue weighted by atomic mass is 10.1. The van der Waals surface area contributed by atoms with Crippen LogP contribution in [0.25, 0.3) is 0 Å². The van der Waals surface area contributed by atoms with Crippen LogP contribution in [0.3, 0.4) is 0 Å². The molecular weight excluding hydrogens is 483 g/mol. The zero-order chi connectivity index (χ0) is 25.3. The minimum atomic E-state index is -3.24. The van der Waals surface area contributed by atoms with Crippen LogP contribution in [0, 0.1) is 5.82 Å². The van der Waals surface area contributed by atoms with Gasteiger partial charge in [0, 0.05) is 55.7 Å². The molecule has 3 aromatic carbocycles. The van der Waals surface area contributed by atoms with Gasteiger partial charge in [0.05, 0.1) is 4.90 Å². The first-order chi connectivity index (χ1) is 17.3. The van der Waals surface area contributed by atoms with Gasteiger partial charge in [0.15, 0.2) is 9.84 Å². The Morgan fingerprint density at radius 1 is 0.944 bits per heavy atom. The summed E-state index contributed by atoms with van der Waals surface area (Å²) in [4.78, 5) is 16.6. The lowest BCUT2D eigenvalue weighted by molar-refractivity contribution is 0.0926. The van der Waals surface area contributed by atoms with Crippen molar-refractivity contribution >= 4 is 27.3 Å². The van der Waals surface area contributed by atoms with Crippen molar-refractivity contribution in [2.75, 3.05) is 30.8 Å². The maximum absolute atomic E-state index is 13.1. The Hall–Kier alpha value is -3.59. The standard InChI is InChI=1S/C27H27FN2O5S/c1-36(32,33)23-11-7-20(8-12-23)30-18-15-24-25(30)3-2-4-26(24)34-22-13-16-29(17-14-22)27(31)35-21-9-5-19(28)6-10-21/h2-12,22H,13-18H2,1H3. The van der Waals surface area contributed by atoms with Gasteiger partial charge in [0.1, 0.15) is 23.4 Å². The smallest absolute Gasteiger partial charge is 0.415 e. The molecule has 188 valence electrons. The molecule has 2 aliphatic heterocycles. The molecule has 5 rings (SSSR count). The van der Waals surface area contributed by atoms with Crippen LogP contribution in [-0.4, -0.2) is 51.4 Å². The average molecular weight is 511 g/mol. The molecule has 0 N–H and O–H groups in total. The van der Waals surface area contributed by atoms with Crippen LogP contribution in [0.2, 0.25) is 0 Å². The van der Waals surface area contributed by atoms with Gasteiger partial charge in [0.2, 0.25) is 0 Å². The molecule has 9 heteroatoms. The summed E-state index contributed by atoms with van der Waals surface area (Å²) in [5.41, 5.74) is 3.12. The number of piperidine rings is 1. The van der Waals surface area contributed by atoms with Gasteiger partial charge in [-0.05, 0) is 67.1 Å². The van der Waals surface area contributed by atoms with Gasteiger partial charge < -0.3 is 19.3 Å². The number of amides is 1. The summed E-state index contributed by atoms with van der Waals surface area (Å²) in [6, 6.07) is 18.3. The van der Waals surface area contributed by atoms with E-state index in [1.165, 1.54) is 30.5 Å². The van der Waals surface area contributed by atoms with E-state index in [0.717, 1.165) is 35.7 Å². The van der Waals surface area contributed by atoms with Crippen molar-refractivity contribution in [2.45, 2.75) is 30.3 Å². The Morgan fingerprint density at radius 3 is 2.31 bits per heavy atom. The van der Waals surface area contributed by atoms with Gasteiger partial charge in [-0.2, -0.15) is 0 Å². The summed E-state index contributed by atoms with van der Waals surface area (Å²) in [7, 11) is -3.24. The Bertz CT molecular complexity index is 1350. The summed E-state index contributed by atoms with van der Waals surface area (Å²) in [5.74, 6) is 0.776. The average Bonchev–Trinajstić information content (AvgIpc) is 3.31. The predicted molar refractivity (Wildman–Crippen MR) is 134 cm³/mol. The van der Waals surface area contributed by atoms with Crippen LogP contribution in [0.4, 0.5) is 20.6 Å². The molecule has 0 saturated carbocycles. The molecule has 2 aliphatic rings. The number of halogens is 1. The number of hydrogen-bond acceptors (Lipinski definition) is 6. The van der Waals surface area contributed by atoms with Crippen LogP contribution in [0.15, 0.2) is 71.6 Å². The maximum atomic E-state index is 13.1. The van der Waals surface area contributed by atoms with Crippen LogP contribution >= 0.6 is 0 Å². The lowest BCUT2D eigenvalue weighted by Gasteiger charge is -2.32. The maximum Gasteiger partial charge on any atom is 0.415 e. The normalized spacial score (nSPS) is 16.1. The molecule has 0 spiro atoms. The van der Waals surface area contributed by atoms with Crippen LogP contribution in [0.1, 0.15) is 18.4 Å². The van der Waals surface area contributed by atoms with Gasteiger partial charge in [-0.1, -0.05) is 6.07 Å². The highest BCUT2D eigenvalue weighted by Crippen LogP contribution is 2.40. The molecule has 0 atom stereocenters. The molecule has 1 saturated heterocycles. The largest absolute Gasteiger partial charge is 0.490 e. The third-order valence-corrected chi connectivity index (χ3v) is 7.70. The number of sulfone groups is 1. The van der Waals surface area contributed by atoms with E-state index in [9.17, 15) is 17.6 Å². The molecule has 0 aromatic heterocycles. The van der Waals surface area contributed by atoms with Crippen molar-refractivity contribution in [2.24, 2.45) is 0 Å². The van der Waals surface area contributed by atoms with E-state index < -0.39 is 15.9 Å². The molecule has 0 radical (unpaired) electrons. The summed E-state index contributed by atoms with van der Waals surface area (Å²) in [6.45, 7) is 1.80. The fourth-order valence-electron chi connectivity index (χ4n) is 4.66. The third-order valence-electron chi connectivity index (χ3n) is 6.57. The molecule has 0 unspecified atom stereocenters. The first-order valence-corrected chi connectivity index (χ1v) is 13.8. The Morgan fingerprint density at radius 2 is 1.64 bits per heavy atom. The molecular formula is C27H27FN2O5S. The molecule has 2 heterocycles. The summed E-state index contributed by atoms with van der Waals surface area (Å²) in [5, 5.41) is 0. The Labute approximate surface area is 210 Å². The van der Waals surface area contributed by atoms with E-state index in [1.807, 2.05) is 30.3 Å². The molecule has 1 fully saturated rings. The number of nitrogens with zero attached hydrogens (tertiary/aromatic N) is 2. The summed E-state index contributed by atoms with van der Waals surface area (Å²) < 4.78 is 48.3. The van der Waals surface area contributed by atoms with Gasteiger partial charge >= 0.3 is 6.09 Å². The number of hydrogen-bond donors (Lipinski definition) is 0. The van der Waals surface area contributed by atoms with Crippen molar-refractivity contribution in [3.8, 4) is 11.5 Å². The number of anilines is 2. The number of carbonyl (C=O) groups excluding carboxylic acids is 1. The predicted octanol–water partition coefficient (Wildman–Crippen LogP) is 4.97. The van der Waals surface area contributed by atoms with Crippen molar-refractivity contribution in [3.63, 3.8) is 0 Å². The summed E-state index contributed by atoms with van der Waals surface area (Å²) >= 11 is 0.